The fraction of sp³-hybridized carbons (Fsp3) is 0. The molecule has 0 unspecified atom stereocenters. The Morgan fingerprint density at radius 2 is 2.13 bits per heavy atom. The number of halogens is 1. The number of nitrogens with zero attached hydrogens (tertiary/aromatic N) is 3. The molecule has 3 N–H and O–H groups in total. The maximum atomic E-state index is 5.64. The van der Waals surface area contributed by atoms with Crippen molar-refractivity contribution >= 4 is 43.7 Å². The SMILES string of the molecule is Nc1n[nH]c2c1nnc1cc(Br)ccc12. The molecule has 6 heteroatoms. The van der Waals surface area contributed by atoms with Crippen molar-refractivity contribution in [3.8, 4) is 0 Å². The van der Waals surface area contributed by atoms with Gasteiger partial charge in [-0.1, -0.05) is 15.9 Å². The van der Waals surface area contributed by atoms with E-state index in [0.717, 1.165) is 20.9 Å². The van der Waals surface area contributed by atoms with Crippen molar-refractivity contribution < 1.29 is 0 Å². The van der Waals surface area contributed by atoms with Crippen molar-refractivity contribution in [3.63, 3.8) is 0 Å². The molecule has 0 radical (unpaired) electrons. The van der Waals surface area contributed by atoms with Crippen molar-refractivity contribution in [3.05, 3.63) is 22.7 Å². The number of aromatic nitrogens is 4. The van der Waals surface area contributed by atoms with Crippen molar-refractivity contribution in [1.82, 2.24) is 20.4 Å². The predicted octanol–water partition coefficient (Wildman–Crippen LogP) is 1.85. The Morgan fingerprint density at radius 3 is 3.00 bits per heavy atom. The summed E-state index contributed by atoms with van der Waals surface area (Å²) in [5, 5.41) is 15.8. The lowest BCUT2D eigenvalue weighted by atomic mass is 10.2. The van der Waals surface area contributed by atoms with Crippen LogP contribution in [0.15, 0.2) is 22.7 Å². The first kappa shape index (κ1) is 8.60. The van der Waals surface area contributed by atoms with Crippen LogP contribution in [0.2, 0.25) is 0 Å². The highest BCUT2D eigenvalue weighted by atomic mass is 79.9. The number of hydrogen-bond donors (Lipinski definition) is 2. The van der Waals surface area contributed by atoms with E-state index in [9.17, 15) is 0 Å². The van der Waals surface area contributed by atoms with Gasteiger partial charge in [-0.15, -0.1) is 10.2 Å². The van der Waals surface area contributed by atoms with Crippen LogP contribution in [-0.2, 0) is 0 Å². The van der Waals surface area contributed by atoms with Crippen molar-refractivity contribution in [2.24, 2.45) is 0 Å². The highest BCUT2D eigenvalue weighted by Crippen LogP contribution is 2.24. The van der Waals surface area contributed by atoms with Crippen LogP contribution < -0.4 is 5.73 Å². The van der Waals surface area contributed by atoms with Gasteiger partial charge in [0.2, 0.25) is 0 Å². The summed E-state index contributed by atoms with van der Waals surface area (Å²) in [4.78, 5) is 0. The molecule has 0 fully saturated rings. The van der Waals surface area contributed by atoms with Crippen LogP contribution in [0.5, 0.6) is 0 Å². The number of aromatic amines is 1. The number of nitrogens with two attached hydrogens (primary N) is 1. The molecule has 3 aromatic rings. The number of benzene rings is 1. The fourth-order valence-corrected chi connectivity index (χ4v) is 1.89. The Morgan fingerprint density at radius 1 is 1.27 bits per heavy atom. The first-order chi connectivity index (χ1) is 7.25. The molecule has 5 nitrogen and oxygen atoms in total. The number of anilines is 1. The van der Waals surface area contributed by atoms with E-state index in [4.69, 9.17) is 5.73 Å². The third-order valence-electron chi connectivity index (χ3n) is 2.25. The standard InChI is InChI=1S/C9H6BrN5/c10-4-1-2-5-6(3-4)12-14-8-7(5)13-15-9(8)11/h1-3H,(H3,11,13,15). The minimum Gasteiger partial charge on any atom is -0.380 e. The van der Waals surface area contributed by atoms with Gasteiger partial charge in [0, 0.05) is 9.86 Å². The molecule has 2 aromatic heterocycles. The van der Waals surface area contributed by atoms with E-state index in [1.54, 1.807) is 0 Å². The molecule has 74 valence electrons. The van der Waals surface area contributed by atoms with Crippen LogP contribution in [0.25, 0.3) is 21.9 Å². The van der Waals surface area contributed by atoms with Gasteiger partial charge in [-0.25, -0.2) is 0 Å². The summed E-state index contributed by atoms with van der Waals surface area (Å²) >= 11 is 3.38. The van der Waals surface area contributed by atoms with E-state index in [1.165, 1.54) is 0 Å². The number of H-pyrrole nitrogens is 1. The van der Waals surface area contributed by atoms with Gasteiger partial charge in [-0.05, 0) is 18.2 Å². The summed E-state index contributed by atoms with van der Waals surface area (Å²) < 4.78 is 0.969. The minimum absolute atomic E-state index is 0.377. The Labute approximate surface area is 92.8 Å². The van der Waals surface area contributed by atoms with Crippen LogP contribution in [-0.4, -0.2) is 20.4 Å². The molecule has 0 saturated carbocycles. The lowest BCUT2D eigenvalue weighted by Crippen LogP contribution is -1.89. The Hall–Kier alpha value is -1.69. The van der Waals surface area contributed by atoms with Crippen LogP contribution in [0.3, 0.4) is 0 Å². The van der Waals surface area contributed by atoms with E-state index >= 15 is 0 Å². The van der Waals surface area contributed by atoms with Gasteiger partial charge in [0.05, 0.1) is 11.0 Å². The topological polar surface area (TPSA) is 80.5 Å². The average molecular weight is 264 g/mol. The molecule has 15 heavy (non-hydrogen) atoms. The monoisotopic (exact) mass is 263 g/mol. The normalized spacial score (nSPS) is 11.3. The van der Waals surface area contributed by atoms with E-state index in [0.29, 0.717) is 11.3 Å². The molecule has 0 bridgehead atoms. The van der Waals surface area contributed by atoms with Gasteiger partial charge in [0.25, 0.3) is 0 Å². The minimum atomic E-state index is 0.377. The summed E-state index contributed by atoms with van der Waals surface area (Å²) in [6.07, 6.45) is 0. The molecule has 3 rings (SSSR count). The second-order valence-corrected chi connectivity index (χ2v) is 4.11. The summed E-state index contributed by atoms with van der Waals surface area (Å²) in [6.45, 7) is 0. The number of fused-ring (bicyclic) bond motifs is 3. The Kier molecular flexibility index (Phi) is 1.66. The van der Waals surface area contributed by atoms with Crippen molar-refractivity contribution in [1.29, 1.82) is 0 Å². The van der Waals surface area contributed by atoms with Crippen LogP contribution in [0, 0.1) is 0 Å². The maximum Gasteiger partial charge on any atom is 0.173 e. The highest BCUT2D eigenvalue weighted by molar-refractivity contribution is 9.10. The zero-order chi connectivity index (χ0) is 10.4. The summed E-state index contributed by atoms with van der Waals surface area (Å²) in [6, 6.07) is 5.80. The smallest absolute Gasteiger partial charge is 0.173 e. The van der Waals surface area contributed by atoms with Gasteiger partial charge < -0.3 is 5.73 Å². The zero-order valence-corrected chi connectivity index (χ0v) is 9.12. The molecule has 0 atom stereocenters. The quantitative estimate of drug-likeness (QED) is 0.649. The van der Waals surface area contributed by atoms with E-state index < -0.39 is 0 Å². The molecule has 0 spiro atoms. The molecule has 0 aliphatic rings. The first-order valence-corrected chi connectivity index (χ1v) is 5.10. The summed E-state index contributed by atoms with van der Waals surface area (Å²) in [5.41, 5.74) is 7.89. The van der Waals surface area contributed by atoms with Crippen LogP contribution >= 0.6 is 15.9 Å². The molecular formula is C9H6BrN5. The Bertz CT molecular complexity index is 660. The number of nitrogen functional groups attached to an aromatic ring is 1. The lowest BCUT2D eigenvalue weighted by molar-refractivity contribution is 1.12. The maximum absolute atomic E-state index is 5.64. The summed E-state index contributed by atoms with van der Waals surface area (Å²) in [5.74, 6) is 0.377. The number of nitrogens with one attached hydrogen (secondary N) is 1. The first-order valence-electron chi connectivity index (χ1n) is 4.31. The molecule has 0 amide bonds. The van der Waals surface area contributed by atoms with Crippen molar-refractivity contribution in [2.75, 3.05) is 5.73 Å². The third kappa shape index (κ3) is 1.18. The second-order valence-electron chi connectivity index (χ2n) is 3.19. The molecule has 2 heterocycles. The molecule has 0 aliphatic heterocycles. The van der Waals surface area contributed by atoms with Gasteiger partial charge in [0.15, 0.2) is 11.3 Å². The average Bonchev–Trinajstić information content (AvgIpc) is 2.60. The van der Waals surface area contributed by atoms with Crippen LogP contribution in [0.4, 0.5) is 5.82 Å². The van der Waals surface area contributed by atoms with Gasteiger partial charge in [0.1, 0.15) is 0 Å². The third-order valence-corrected chi connectivity index (χ3v) is 2.75. The largest absolute Gasteiger partial charge is 0.380 e. The predicted molar refractivity (Wildman–Crippen MR) is 61.3 cm³/mol. The van der Waals surface area contributed by atoms with E-state index in [2.05, 4.69) is 36.3 Å². The molecule has 0 saturated heterocycles. The fourth-order valence-electron chi connectivity index (χ4n) is 1.54. The van der Waals surface area contributed by atoms with E-state index in [1.807, 2.05) is 18.2 Å². The van der Waals surface area contributed by atoms with Crippen LogP contribution in [0.1, 0.15) is 0 Å². The molecule has 1 aromatic carbocycles. The molecule has 0 aliphatic carbocycles. The van der Waals surface area contributed by atoms with E-state index in [-0.39, 0.29) is 0 Å². The van der Waals surface area contributed by atoms with Gasteiger partial charge in [-0.2, -0.15) is 5.10 Å². The zero-order valence-electron chi connectivity index (χ0n) is 7.53. The van der Waals surface area contributed by atoms with Crippen molar-refractivity contribution in [2.45, 2.75) is 0 Å². The van der Waals surface area contributed by atoms with Gasteiger partial charge >= 0.3 is 0 Å². The Balaban J connectivity index is 2.55. The van der Waals surface area contributed by atoms with Gasteiger partial charge in [-0.3, -0.25) is 5.10 Å². The summed E-state index contributed by atoms with van der Waals surface area (Å²) in [7, 11) is 0. The number of hydrogen-bond acceptors (Lipinski definition) is 4. The lowest BCUT2D eigenvalue weighted by Gasteiger charge is -1.97. The second kappa shape index (κ2) is 2.90. The molecular weight excluding hydrogens is 258 g/mol. The highest BCUT2D eigenvalue weighted by Gasteiger charge is 2.08. The number of rotatable bonds is 0.